The molecule has 0 saturated carbocycles. The molecule has 0 N–H and O–H groups in total. The number of nitrogens with zero attached hydrogens (tertiary/aromatic N) is 5. The number of carbonyl (C=O) groups is 3. The molecule has 0 aromatic carbocycles. The first-order valence-corrected chi connectivity index (χ1v) is 8.84. The number of imide groups is 1. The lowest BCUT2D eigenvalue weighted by Crippen LogP contribution is -2.46. The minimum atomic E-state index is -0.302. The highest BCUT2D eigenvalue weighted by atomic mass is 16.2. The van der Waals surface area contributed by atoms with Gasteiger partial charge in [0.05, 0.1) is 0 Å². The summed E-state index contributed by atoms with van der Waals surface area (Å²) in [7, 11) is 1.81. The highest BCUT2D eigenvalue weighted by molar-refractivity contribution is 6.04. The zero-order valence-corrected chi connectivity index (χ0v) is 14.6. The summed E-state index contributed by atoms with van der Waals surface area (Å²) in [6.07, 6.45) is 5.76. The third kappa shape index (κ3) is 2.34. The predicted octanol–water partition coefficient (Wildman–Crippen LogP) is 0.699. The Kier molecular flexibility index (Phi) is 3.59. The zero-order valence-electron chi connectivity index (χ0n) is 14.6. The Bertz CT molecular complexity index is 708. The number of rotatable bonds is 2. The van der Waals surface area contributed by atoms with Gasteiger partial charge in [-0.05, 0) is 31.6 Å². The summed E-state index contributed by atoms with van der Waals surface area (Å²) in [6.45, 7) is 4.18. The van der Waals surface area contributed by atoms with Crippen LogP contribution in [-0.4, -0.2) is 74.3 Å². The number of carbonyl (C=O) groups excluding carboxylic acids is 3. The standard InChI is InChI=1S/C17H23N5O3/c1-3-21-14(23)12-10-17(11-22(12)16(21)25)4-7-20(8-5-17)15(24)13-18-6-9-19(13)2/h6,9,12H,3-5,7-8,10-11H2,1-2H3. The van der Waals surface area contributed by atoms with Crippen LogP contribution in [0.1, 0.15) is 36.8 Å². The van der Waals surface area contributed by atoms with E-state index in [0.717, 1.165) is 19.3 Å². The topological polar surface area (TPSA) is 78.8 Å². The summed E-state index contributed by atoms with van der Waals surface area (Å²) in [5, 5.41) is 0. The summed E-state index contributed by atoms with van der Waals surface area (Å²) in [5.41, 5.74) is -0.0335. The maximum atomic E-state index is 12.6. The Morgan fingerprint density at radius 2 is 2.04 bits per heavy atom. The number of aromatic nitrogens is 2. The molecule has 1 atom stereocenters. The molecule has 3 fully saturated rings. The molecule has 4 rings (SSSR count). The van der Waals surface area contributed by atoms with Gasteiger partial charge >= 0.3 is 6.03 Å². The molecule has 25 heavy (non-hydrogen) atoms. The van der Waals surface area contributed by atoms with Crippen molar-refractivity contribution in [1.29, 1.82) is 0 Å². The van der Waals surface area contributed by atoms with Crippen molar-refractivity contribution in [2.45, 2.75) is 32.2 Å². The first-order chi connectivity index (χ1) is 12.0. The molecule has 3 aliphatic heterocycles. The van der Waals surface area contributed by atoms with Gasteiger partial charge in [-0.25, -0.2) is 9.78 Å². The second kappa shape index (κ2) is 5.57. The van der Waals surface area contributed by atoms with Crippen LogP contribution < -0.4 is 0 Å². The third-order valence-electron chi connectivity index (χ3n) is 5.98. The average molecular weight is 345 g/mol. The van der Waals surface area contributed by atoms with Gasteiger partial charge in [-0.15, -0.1) is 0 Å². The first kappa shape index (κ1) is 16.1. The second-order valence-corrected chi connectivity index (χ2v) is 7.37. The molecule has 134 valence electrons. The van der Waals surface area contributed by atoms with Crippen molar-refractivity contribution in [3.8, 4) is 0 Å². The molecule has 0 bridgehead atoms. The molecule has 0 radical (unpaired) electrons. The number of aryl methyl sites for hydroxylation is 1. The number of fused-ring (bicyclic) bond motifs is 1. The zero-order chi connectivity index (χ0) is 17.8. The van der Waals surface area contributed by atoms with Crippen LogP contribution in [0.3, 0.4) is 0 Å². The number of hydrogen-bond acceptors (Lipinski definition) is 4. The number of amides is 4. The van der Waals surface area contributed by atoms with E-state index in [-0.39, 0.29) is 29.3 Å². The van der Waals surface area contributed by atoms with Crippen LogP contribution in [0.4, 0.5) is 4.79 Å². The van der Waals surface area contributed by atoms with Crippen molar-refractivity contribution in [2.75, 3.05) is 26.2 Å². The molecule has 1 unspecified atom stereocenters. The predicted molar refractivity (Wildman–Crippen MR) is 88.7 cm³/mol. The van der Waals surface area contributed by atoms with Gasteiger partial charge in [-0.3, -0.25) is 14.5 Å². The Balaban J connectivity index is 1.43. The van der Waals surface area contributed by atoms with Crippen molar-refractivity contribution in [3.05, 3.63) is 18.2 Å². The van der Waals surface area contributed by atoms with Gasteiger partial charge in [0.25, 0.3) is 11.8 Å². The van der Waals surface area contributed by atoms with Crippen LogP contribution in [0.5, 0.6) is 0 Å². The summed E-state index contributed by atoms with van der Waals surface area (Å²) in [6, 6.07) is -0.454. The summed E-state index contributed by atoms with van der Waals surface area (Å²) < 4.78 is 1.73. The summed E-state index contributed by atoms with van der Waals surface area (Å²) in [4.78, 5) is 46.4. The Labute approximate surface area is 146 Å². The fourth-order valence-electron chi connectivity index (χ4n) is 4.46. The van der Waals surface area contributed by atoms with Crippen LogP contribution in [-0.2, 0) is 11.8 Å². The monoisotopic (exact) mass is 345 g/mol. The minimum Gasteiger partial charge on any atom is -0.336 e. The van der Waals surface area contributed by atoms with Crippen molar-refractivity contribution in [2.24, 2.45) is 12.5 Å². The first-order valence-electron chi connectivity index (χ1n) is 8.84. The maximum absolute atomic E-state index is 12.6. The lowest BCUT2D eigenvalue weighted by atomic mass is 9.76. The number of imidazole rings is 1. The molecular formula is C17H23N5O3. The number of piperidine rings is 1. The van der Waals surface area contributed by atoms with E-state index in [0.29, 0.717) is 32.0 Å². The maximum Gasteiger partial charge on any atom is 0.327 e. The van der Waals surface area contributed by atoms with E-state index in [9.17, 15) is 14.4 Å². The lowest BCUT2D eigenvalue weighted by Gasteiger charge is -2.39. The van der Waals surface area contributed by atoms with Crippen molar-refractivity contribution >= 4 is 17.8 Å². The molecule has 0 aliphatic carbocycles. The van der Waals surface area contributed by atoms with Crippen LogP contribution in [0.25, 0.3) is 0 Å². The average Bonchev–Trinajstić information content (AvgIpc) is 3.24. The molecule has 3 saturated heterocycles. The van der Waals surface area contributed by atoms with Gasteiger partial charge in [0.1, 0.15) is 6.04 Å². The van der Waals surface area contributed by atoms with Crippen molar-refractivity contribution in [1.82, 2.24) is 24.3 Å². The normalized spacial score (nSPS) is 25.2. The van der Waals surface area contributed by atoms with E-state index < -0.39 is 0 Å². The molecule has 1 aromatic rings. The number of likely N-dealkylation sites (N-methyl/N-ethyl adjacent to an activating group) is 1. The fourth-order valence-corrected chi connectivity index (χ4v) is 4.46. The van der Waals surface area contributed by atoms with E-state index >= 15 is 0 Å². The molecule has 1 aromatic heterocycles. The van der Waals surface area contributed by atoms with Crippen LogP contribution in [0.15, 0.2) is 12.4 Å². The largest absolute Gasteiger partial charge is 0.336 e. The number of urea groups is 1. The van der Waals surface area contributed by atoms with Crippen LogP contribution >= 0.6 is 0 Å². The van der Waals surface area contributed by atoms with E-state index in [4.69, 9.17) is 0 Å². The quantitative estimate of drug-likeness (QED) is 0.739. The van der Waals surface area contributed by atoms with Gasteiger partial charge in [0.2, 0.25) is 0 Å². The summed E-state index contributed by atoms with van der Waals surface area (Å²) >= 11 is 0. The fraction of sp³-hybridized carbons (Fsp3) is 0.647. The van der Waals surface area contributed by atoms with Gasteiger partial charge < -0.3 is 14.4 Å². The van der Waals surface area contributed by atoms with E-state index in [2.05, 4.69) is 4.98 Å². The van der Waals surface area contributed by atoms with E-state index in [1.807, 2.05) is 18.9 Å². The van der Waals surface area contributed by atoms with Gasteiger partial charge in [0, 0.05) is 45.6 Å². The van der Waals surface area contributed by atoms with Gasteiger partial charge in [-0.2, -0.15) is 0 Å². The van der Waals surface area contributed by atoms with Gasteiger partial charge in [-0.1, -0.05) is 0 Å². The van der Waals surface area contributed by atoms with Crippen LogP contribution in [0.2, 0.25) is 0 Å². The molecular weight excluding hydrogens is 322 g/mol. The Morgan fingerprint density at radius 3 is 2.60 bits per heavy atom. The molecule has 4 amide bonds. The molecule has 3 aliphatic rings. The molecule has 1 spiro atoms. The SMILES string of the molecule is CCN1C(=O)C2CC3(CCN(C(=O)c4nccn4C)CC3)CN2C1=O. The smallest absolute Gasteiger partial charge is 0.327 e. The van der Waals surface area contributed by atoms with Crippen molar-refractivity contribution in [3.63, 3.8) is 0 Å². The highest BCUT2D eigenvalue weighted by Gasteiger charge is 2.56. The number of hydrogen-bond donors (Lipinski definition) is 0. The minimum absolute atomic E-state index is 0.0335. The molecule has 4 heterocycles. The Morgan fingerprint density at radius 1 is 1.32 bits per heavy atom. The van der Waals surface area contributed by atoms with E-state index in [1.165, 1.54) is 4.90 Å². The summed E-state index contributed by atoms with van der Waals surface area (Å²) in [5.74, 6) is 0.341. The van der Waals surface area contributed by atoms with Crippen LogP contribution in [0, 0.1) is 5.41 Å². The number of likely N-dealkylation sites (tertiary alicyclic amines) is 1. The highest BCUT2D eigenvalue weighted by Crippen LogP contribution is 2.46. The van der Waals surface area contributed by atoms with Crippen molar-refractivity contribution < 1.29 is 14.4 Å². The molecule has 8 heteroatoms. The second-order valence-electron chi connectivity index (χ2n) is 7.37. The Hall–Kier alpha value is -2.38. The third-order valence-corrected chi connectivity index (χ3v) is 5.98. The van der Waals surface area contributed by atoms with Gasteiger partial charge in [0.15, 0.2) is 5.82 Å². The molecule has 8 nitrogen and oxygen atoms in total. The lowest BCUT2D eigenvalue weighted by molar-refractivity contribution is -0.128. The van der Waals surface area contributed by atoms with E-state index in [1.54, 1.807) is 21.9 Å².